The summed E-state index contributed by atoms with van der Waals surface area (Å²) in [6.07, 6.45) is 5.65. The van der Waals surface area contributed by atoms with Crippen molar-refractivity contribution in [2.75, 3.05) is 13.1 Å². The van der Waals surface area contributed by atoms with Crippen molar-refractivity contribution in [3.63, 3.8) is 0 Å². The van der Waals surface area contributed by atoms with Crippen LogP contribution >= 0.6 is 0 Å². The molecule has 2 aromatic heterocycles. The van der Waals surface area contributed by atoms with E-state index in [0.29, 0.717) is 5.92 Å². The molecule has 1 fully saturated rings. The Morgan fingerprint density at radius 2 is 1.80 bits per heavy atom. The number of hydrogen-bond donors (Lipinski definition) is 0. The molecule has 0 atom stereocenters. The number of amides is 1. The fraction of sp³-hybridized carbons (Fsp3) is 0.286. The van der Waals surface area contributed by atoms with Crippen molar-refractivity contribution in [3.8, 4) is 11.3 Å². The van der Waals surface area contributed by atoms with Gasteiger partial charge in [0.2, 0.25) is 0 Å². The molecule has 25 heavy (non-hydrogen) atoms. The van der Waals surface area contributed by atoms with Gasteiger partial charge in [-0.25, -0.2) is 4.98 Å². The molecule has 126 valence electrons. The van der Waals surface area contributed by atoms with Gasteiger partial charge in [-0.2, -0.15) is 0 Å². The van der Waals surface area contributed by atoms with Gasteiger partial charge >= 0.3 is 0 Å². The first-order valence-electron chi connectivity index (χ1n) is 8.82. The minimum atomic E-state index is 0.112. The zero-order valence-electron chi connectivity index (χ0n) is 14.4. The molecular formula is C21H21N3O. The summed E-state index contributed by atoms with van der Waals surface area (Å²) in [5.74, 6) is 0.812. The maximum Gasteiger partial charge on any atom is 0.254 e. The van der Waals surface area contributed by atoms with E-state index in [1.165, 1.54) is 0 Å². The number of carbonyl (C=O) groups is 1. The molecule has 0 bridgehead atoms. The van der Waals surface area contributed by atoms with Crippen molar-refractivity contribution in [3.05, 3.63) is 60.4 Å². The van der Waals surface area contributed by atoms with Crippen LogP contribution in [0.5, 0.6) is 0 Å². The Morgan fingerprint density at radius 1 is 1.08 bits per heavy atom. The molecule has 1 aliphatic heterocycles. The van der Waals surface area contributed by atoms with Crippen LogP contribution in [-0.2, 0) is 0 Å². The largest absolute Gasteiger partial charge is 0.339 e. The molecule has 4 rings (SSSR count). The van der Waals surface area contributed by atoms with Crippen LogP contribution in [0.25, 0.3) is 22.2 Å². The van der Waals surface area contributed by atoms with Gasteiger partial charge < -0.3 is 4.90 Å². The van der Waals surface area contributed by atoms with Crippen LogP contribution in [0.4, 0.5) is 0 Å². The highest BCUT2D eigenvalue weighted by Crippen LogP contribution is 2.27. The summed E-state index contributed by atoms with van der Waals surface area (Å²) in [7, 11) is 0. The second-order valence-corrected chi connectivity index (χ2v) is 6.78. The van der Waals surface area contributed by atoms with Gasteiger partial charge in [-0.05, 0) is 43.0 Å². The SMILES string of the molecule is CC1CCN(C(=O)c2cc(-c3ccncc3)nc3ccccc23)CC1. The van der Waals surface area contributed by atoms with Crippen LogP contribution in [0.1, 0.15) is 30.1 Å². The number of nitrogens with zero attached hydrogens (tertiary/aromatic N) is 3. The van der Waals surface area contributed by atoms with E-state index in [-0.39, 0.29) is 5.91 Å². The minimum absolute atomic E-state index is 0.112. The van der Waals surface area contributed by atoms with E-state index in [0.717, 1.165) is 53.7 Å². The standard InChI is InChI=1S/C21H21N3O/c1-15-8-12-24(13-9-15)21(25)18-14-20(16-6-10-22-11-7-16)23-19-5-3-2-4-17(18)19/h2-7,10-11,14-15H,8-9,12-13H2,1H3. The summed E-state index contributed by atoms with van der Waals surface area (Å²) in [6.45, 7) is 3.92. The Balaban J connectivity index is 1.80. The molecule has 0 unspecified atom stereocenters. The molecule has 1 saturated heterocycles. The highest BCUT2D eigenvalue weighted by atomic mass is 16.2. The van der Waals surface area contributed by atoms with E-state index in [9.17, 15) is 4.79 Å². The summed E-state index contributed by atoms with van der Waals surface area (Å²) in [6, 6.07) is 13.7. The van der Waals surface area contributed by atoms with E-state index in [1.807, 2.05) is 47.4 Å². The number of likely N-dealkylation sites (tertiary alicyclic amines) is 1. The molecule has 1 aliphatic rings. The molecule has 3 heterocycles. The maximum atomic E-state index is 13.2. The molecule has 0 saturated carbocycles. The number of piperidine rings is 1. The van der Waals surface area contributed by atoms with Gasteiger partial charge in [-0.3, -0.25) is 9.78 Å². The first kappa shape index (κ1) is 15.8. The number of aromatic nitrogens is 2. The van der Waals surface area contributed by atoms with Crippen LogP contribution in [-0.4, -0.2) is 33.9 Å². The zero-order chi connectivity index (χ0) is 17.2. The molecule has 1 amide bonds. The molecule has 1 aromatic carbocycles. The van der Waals surface area contributed by atoms with E-state index in [2.05, 4.69) is 11.9 Å². The van der Waals surface area contributed by atoms with E-state index in [4.69, 9.17) is 4.98 Å². The van der Waals surface area contributed by atoms with Crippen molar-refractivity contribution in [2.45, 2.75) is 19.8 Å². The average molecular weight is 331 g/mol. The Hall–Kier alpha value is -2.75. The number of benzene rings is 1. The van der Waals surface area contributed by atoms with Crippen molar-refractivity contribution in [1.29, 1.82) is 0 Å². The average Bonchev–Trinajstić information content (AvgIpc) is 2.68. The lowest BCUT2D eigenvalue weighted by atomic mass is 9.97. The zero-order valence-corrected chi connectivity index (χ0v) is 14.4. The summed E-state index contributed by atoms with van der Waals surface area (Å²) >= 11 is 0. The second kappa shape index (κ2) is 6.63. The molecule has 0 N–H and O–H groups in total. The summed E-state index contributed by atoms with van der Waals surface area (Å²) < 4.78 is 0. The number of fused-ring (bicyclic) bond motifs is 1. The normalized spacial score (nSPS) is 15.5. The van der Waals surface area contributed by atoms with Gasteiger partial charge in [-0.1, -0.05) is 25.1 Å². The molecular weight excluding hydrogens is 310 g/mol. The van der Waals surface area contributed by atoms with Crippen LogP contribution < -0.4 is 0 Å². The van der Waals surface area contributed by atoms with Gasteiger partial charge in [0.1, 0.15) is 0 Å². The lowest BCUT2D eigenvalue weighted by molar-refractivity contribution is 0.0699. The van der Waals surface area contributed by atoms with Crippen LogP contribution in [0.3, 0.4) is 0 Å². The fourth-order valence-corrected chi connectivity index (χ4v) is 3.40. The van der Waals surface area contributed by atoms with Gasteiger partial charge in [0, 0.05) is 36.4 Å². The first-order valence-corrected chi connectivity index (χ1v) is 8.82. The lowest BCUT2D eigenvalue weighted by Crippen LogP contribution is -2.38. The Morgan fingerprint density at radius 3 is 2.56 bits per heavy atom. The van der Waals surface area contributed by atoms with Crippen molar-refractivity contribution < 1.29 is 4.79 Å². The quantitative estimate of drug-likeness (QED) is 0.708. The Labute approximate surface area is 147 Å². The van der Waals surface area contributed by atoms with Crippen LogP contribution in [0.15, 0.2) is 54.9 Å². The fourth-order valence-electron chi connectivity index (χ4n) is 3.40. The summed E-state index contributed by atoms with van der Waals surface area (Å²) in [5, 5.41) is 0.920. The van der Waals surface area contributed by atoms with Crippen LogP contribution in [0, 0.1) is 5.92 Å². The maximum absolute atomic E-state index is 13.2. The third kappa shape index (κ3) is 3.12. The smallest absolute Gasteiger partial charge is 0.254 e. The third-order valence-electron chi connectivity index (χ3n) is 4.99. The van der Waals surface area contributed by atoms with Crippen LogP contribution in [0.2, 0.25) is 0 Å². The highest BCUT2D eigenvalue weighted by Gasteiger charge is 2.23. The van der Waals surface area contributed by atoms with Crippen molar-refractivity contribution in [1.82, 2.24) is 14.9 Å². The Bertz CT molecular complexity index is 899. The third-order valence-corrected chi connectivity index (χ3v) is 4.99. The molecule has 0 aliphatic carbocycles. The number of hydrogen-bond acceptors (Lipinski definition) is 3. The summed E-state index contributed by atoms with van der Waals surface area (Å²) in [5.41, 5.74) is 3.38. The monoisotopic (exact) mass is 331 g/mol. The van der Waals surface area contributed by atoms with Gasteiger partial charge in [-0.15, -0.1) is 0 Å². The van der Waals surface area contributed by atoms with Gasteiger partial charge in [0.25, 0.3) is 5.91 Å². The number of carbonyl (C=O) groups excluding carboxylic acids is 1. The van der Waals surface area contributed by atoms with E-state index in [1.54, 1.807) is 12.4 Å². The minimum Gasteiger partial charge on any atom is -0.339 e. The van der Waals surface area contributed by atoms with E-state index < -0.39 is 0 Å². The summed E-state index contributed by atoms with van der Waals surface area (Å²) in [4.78, 5) is 24.0. The second-order valence-electron chi connectivity index (χ2n) is 6.78. The Kier molecular flexibility index (Phi) is 4.18. The molecule has 4 nitrogen and oxygen atoms in total. The van der Waals surface area contributed by atoms with Crippen molar-refractivity contribution >= 4 is 16.8 Å². The molecule has 3 aromatic rings. The number of para-hydroxylation sites is 1. The lowest BCUT2D eigenvalue weighted by Gasteiger charge is -2.30. The van der Waals surface area contributed by atoms with E-state index >= 15 is 0 Å². The molecule has 4 heteroatoms. The van der Waals surface area contributed by atoms with Crippen molar-refractivity contribution in [2.24, 2.45) is 5.92 Å². The number of rotatable bonds is 2. The first-order chi connectivity index (χ1) is 12.2. The molecule has 0 spiro atoms. The predicted molar refractivity (Wildman–Crippen MR) is 99.3 cm³/mol. The van der Waals surface area contributed by atoms with Gasteiger partial charge in [0.05, 0.1) is 16.8 Å². The predicted octanol–water partition coefficient (Wildman–Crippen LogP) is 4.17. The number of pyridine rings is 2. The van der Waals surface area contributed by atoms with Gasteiger partial charge in [0.15, 0.2) is 0 Å². The molecule has 0 radical (unpaired) electrons. The highest BCUT2D eigenvalue weighted by molar-refractivity contribution is 6.07. The topological polar surface area (TPSA) is 46.1 Å².